The first-order chi connectivity index (χ1) is 16.6. The molecule has 0 aliphatic heterocycles. The number of carbonyl (C=O) groups excluding carboxylic acids is 3. The van der Waals surface area contributed by atoms with Crippen molar-refractivity contribution < 1.29 is 60.0 Å². The van der Waals surface area contributed by atoms with Gasteiger partial charge in [0.1, 0.15) is 5.75 Å². The number of methoxy groups -OCH3 is 2. The molecule has 2 aromatic rings. The Hall–Kier alpha value is -4.01. The van der Waals surface area contributed by atoms with Gasteiger partial charge in [-0.25, -0.2) is 14.4 Å². The number of nitrogens with one attached hydrogen (secondary N) is 2. The lowest BCUT2D eigenvalue weighted by atomic mass is 9.93. The zero-order valence-corrected chi connectivity index (χ0v) is 18.4. The van der Waals surface area contributed by atoms with Gasteiger partial charge in [-0.1, -0.05) is 30.3 Å². The highest BCUT2D eigenvalue weighted by molar-refractivity contribution is 5.94. The smallest absolute Gasteiger partial charge is 0.460 e. The summed E-state index contributed by atoms with van der Waals surface area (Å²) < 4.78 is 94.8. The van der Waals surface area contributed by atoms with Gasteiger partial charge >= 0.3 is 36.0 Å². The summed E-state index contributed by atoms with van der Waals surface area (Å²) in [5, 5.41) is 13.2. The standard InChI is InChI=1S/C21H18F6N2O7/c1-34-15(30)18(33,20(22,23)24)12-8-10-13(11-9-12)28-17(32)29-19(16(31)35-2,21(25,26)27)36-14-6-4-3-5-7-14/h3-11,33H,1-2H3,(H2,28,29,32)/t18-,19+/m1/s1. The van der Waals surface area contributed by atoms with Gasteiger partial charge in [0.15, 0.2) is 0 Å². The Morgan fingerprint density at radius 1 is 0.778 bits per heavy atom. The van der Waals surface area contributed by atoms with Crippen LogP contribution in [0.2, 0.25) is 0 Å². The van der Waals surface area contributed by atoms with E-state index >= 15 is 0 Å². The number of ether oxygens (including phenoxy) is 3. The fourth-order valence-electron chi connectivity index (χ4n) is 2.83. The predicted octanol–water partition coefficient (Wildman–Crippen LogP) is 3.24. The van der Waals surface area contributed by atoms with Crippen molar-refractivity contribution in [2.24, 2.45) is 0 Å². The summed E-state index contributed by atoms with van der Waals surface area (Å²) >= 11 is 0. The van der Waals surface area contributed by atoms with Crippen LogP contribution in [0.3, 0.4) is 0 Å². The monoisotopic (exact) mass is 524 g/mol. The average Bonchev–Trinajstić information content (AvgIpc) is 2.81. The molecule has 0 unspecified atom stereocenters. The van der Waals surface area contributed by atoms with Gasteiger partial charge < -0.3 is 24.6 Å². The van der Waals surface area contributed by atoms with Crippen molar-refractivity contribution in [3.8, 4) is 5.75 Å². The third kappa shape index (κ3) is 5.45. The summed E-state index contributed by atoms with van der Waals surface area (Å²) in [6.45, 7) is 0. The van der Waals surface area contributed by atoms with Crippen molar-refractivity contribution in [1.82, 2.24) is 5.32 Å². The highest BCUT2D eigenvalue weighted by Crippen LogP contribution is 2.40. The molecule has 0 saturated carbocycles. The number of para-hydroxylation sites is 1. The van der Waals surface area contributed by atoms with Crippen molar-refractivity contribution in [2.45, 2.75) is 23.7 Å². The van der Waals surface area contributed by atoms with Gasteiger partial charge in [0.25, 0.3) is 5.60 Å². The second kappa shape index (κ2) is 10.3. The van der Waals surface area contributed by atoms with Crippen LogP contribution >= 0.6 is 0 Å². The van der Waals surface area contributed by atoms with E-state index in [9.17, 15) is 45.8 Å². The number of carbonyl (C=O) groups is 3. The zero-order valence-electron chi connectivity index (χ0n) is 18.4. The summed E-state index contributed by atoms with van der Waals surface area (Å²) in [6, 6.07) is 7.19. The lowest BCUT2D eigenvalue weighted by Crippen LogP contribution is -2.68. The molecule has 0 heterocycles. The molecule has 2 atom stereocenters. The number of amides is 2. The number of hydrogen-bond acceptors (Lipinski definition) is 7. The molecule has 2 rings (SSSR count). The first-order valence-corrected chi connectivity index (χ1v) is 9.58. The van der Waals surface area contributed by atoms with Crippen molar-refractivity contribution in [1.29, 1.82) is 0 Å². The molecule has 2 aromatic carbocycles. The molecular formula is C21H18F6N2O7. The van der Waals surface area contributed by atoms with Gasteiger partial charge in [-0.3, -0.25) is 5.32 Å². The number of urea groups is 1. The Labute approximate surface area is 198 Å². The Morgan fingerprint density at radius 2 is 1.31 bits per heavy atom. The van der Waals surface area contributed by atoms with Crippen LogP contribution in [0.25, 0.3) is 0 Å². The summed E-state index contributed by atoms with van der Waals surface area (Å²) in [7, 11) is 1.24. The van der Waals surface area contributed by atoms with Crippen LogP contribution in [-0.2, 0) is 24.7 Å². The van der Waals surface area contributed by atoms with E-state index in [1.54, 1.807) is 0 Å². The number of anilines is 1. The second-order valence-corrected chi connectivity index (χ2v) is 6.94. The average molecular weight is 524 g/mol. The van der Waals surface area contributed by atoms with Crippen molar-refractivity contribution in [2.75, 3.05) is 19.5 Å². The molecule has 0 aliphatic rings. The number of alkyl halides is 6. The molecule has 3 N–H and O–H groups in total. The fourth-order valence-corrected chi connectivity index (χ4v) is 2.83. The van der Waals surface area contributed by atoms with Crippen LogP contribution in [0, 0.1) is 0 Å². The Balaban J connectivity index is 2.35. The van der Waals surface area contributed by atoms with Crippen molar-refractivity contribution >= 4 is 23.7 Å². The molecule has 0 fully saturated rings. The van der Waals surface area contributed by atoms with Crippen LogP contribution in [0.1, 0.15) is 5.56 Å². The van der Waals surface area contributed by atoms with Crippen LogP contribution < -0.4 is 15.4 Å². The molecule has 0 spiro atoms. The molecule has 0 radical (unpaired) electrons. The molecule has 0 bridgehead atoms. The van der Waals surface area contributed by atoms with Crippen LogP contribution in [0.15, 0.2) is 54.6 Å². The number of benzene rings is 2. The molecule has 0 aromatic heterocycles. The number of aliphatic hydroxyl groups is 1. The summed E-state index contributed by atoms with van der Waals surface area (Å²) in [5.74, 6) is -4.53. The van der Waals surface area contributed by atoms with E-state index in [0.717, 1.165) is 24.3 Å². The molecule has 0 aliphatic carbocycles. The largest absolute Gasteiger partial charge is 0.466 e. The Kier molecular flexibility index (Phi) is 8.09. The minimum atomic E-state index is -5.54. The van der Waals surface area contributed by atoms with Crippen molar-refractivity contribution in [3.63, 3.8) is 0 Å². The van der Waals surface area contributed by atoms with Crippen molar-refractivity contribution in [3.05, 3.63) is 60.2 Å². The van der Waals surface area contributed by atoms with Gasteiger partial charge in [-0.05, 0) is 24.3 Å². The van der Waals surface area contributed by atoms with Gasteiger partial charge in [0.05, 0.1) is 14.2 Å². The topological polar surface area (TPSA) is 123 Å². The summed E-state index contributed by atoms with van der Waals surface area (Å²) in [6.07, 6.45) is -11.0. The predicted molar refractivity (Wildman–Crippen MR) is 108 cm³/mol. The van der Waals surface area contributed by atoms with E-state index in [-0.39, 0.29) is 5.69 Å². The van der Waals surface area contributed by atoms with Gasteiger partial charge in [0, 0.05) is 11.3 Å². The third-order valence-corrected chi connectivity index (χ3v) is 4.63. The first kappa shape index (κ1) is 28.2. The quantitative estimate of drug-likeness (QED) is 0.289. The number of rotatable bonds is 7. The van der Waals surface area contributed by atoms with Gasteiger partial charge in [-0.2, -0.15) is 26.3 Å². The van der Waals surface area contributed by atoms with E-state index in [1.807, 2.05) is 5.32 Å². The zero-order chi connectivity index (χ0) is 27.4. The lowest BCUT2D eigenvalue weighted by Gasteiger charge is -2.33. The molecule has 15 heteroatoms. The van der Waals surface area contributed by atoms with E-state index in [1.165, 1.54) is 23.5 Å². The molecule has 36 heavy (non-hydrogen) atoms. The highest BCUT2D eigenvalue weighted by Gasteiger charge is 2.66. The second-order valence-electron chi connectivity index (χ2n) is 6.94. The van der Waals surface area contributed by atoms with E-state index in [0.29, 0.717) is 26.4 Å². The Bertz CT molecular complexity index is 1090. The highest BCUT2D eigenvalue weighted by atomic mass is 19.4. The lowest BCUT2D eigenvalue weighted by molar-refractivity contribution is -0.266. The van der Waals surface area contributed by atoms with Crippen LogP contribution in [0.4, 0.5) is 36.8 Å². The summed E-state index contributed by atoms with van der Waals surface area (Å²) in [5.41, 5.74) is -9.44. The number of esters is 2. The minimum absolute atomic E-state index is 0.383. The normalized spacial score (nSPS) is 15.0. The first-order valence-electron chi connectivity index (χ1n) is 9.58. The maximum Gasteiger partial charge on any atom is 0.460 e. The Morgan fingerprint density at radius 3 is 1.75 bits per heavy atom. The van der Waals surface area contributed by atoms with E-state index < -0.39 is 53.0 Å². The maximum absolute atomic E-state index is 14.0. The third-order valence-electron chi connectivity index (χ3n) is 4.63. The van der Waals surface area contributed by atoms with Gasteiger partial charge in [0.2, 0.25) is 0 Å². The van der Waals surface area contributed by atoms with Crippen LogP contribution in [-0.4, -0.2) is 55.4 Å². The molecular weight excluding hydrogens is 506 g/mol. The van der Waals surface area contributed by atoms with E-state index in [2.05, 4.69) is 9.47 Å². The minimum Gasteiger partial charge on any atom is -0.466 e. The molecule has 9 nitrogen and oxygen atoms in total. The maximum atomic E-state index is 14.0. The van der Waals surface area contributed by atoms with Crippen LogP contribution in [0.5, 0.6) is 5.75 Å². The SMILES string of the molecule is COC(=O)[C@](NC(=O)Nc1ccc([C@@](O)(C(=O)OC)C(F)(F)F)cc1)(Oc1ccccc1)C(F)(F)F. The fraction of sp³-hybridized carbons (Fsp3) is 0.286. The number of halogens is 6. The molecule has 196 valence electrons. The van der Waals surface area contributed by atoms with E-state index in [4.69, 9.17) is 4.74 Å². The van der Waals surface area contributed by atoms with Gasteiger partial charge in [-0.15, -0.1) is 0 Å². The molecule has 2 amide bonds. The number of hydrogen-bond donors (Lipinski definition) is 3. The summed E-state index contributed by atoms with van der Waals surface area (Å²) in [4.78, 5) is 36.1. The molecule has 0 saturated heterocycles.